The molecule has 3 aromatic carbocycles. The highest BCUT2D eigenvalue weighted by molar-refractivity contribution is 5.91. The summed E-state index contributed by atoms with van der Waals surface area (Å²) in [5.74, 6) is -2.69. The highest BCUT2D eigenvalue weighted by Crippen LogP contribution is 2.23. The van der Waals surface area contributed by atoms with Gasteiger partial charge in [-0.05, 0) is 72.8 Å². The van der Waals surface area contributed by atoms with Gasteiger partial charge in [-0.15, -0.1) is 0 Å². The number of alkyl halides is 3. The number of carbonyl (C=O) groups excluding carboxylic acids is 1. The zero-order valence-corrected chi connectivity index (χ0v) is 27.7. The van der Waals surface area contributed by atoms with Gasteiger partial charge in [0, 0.05) is 57.9 Å². The van der Waals surface area contributed by atoms with Crippen molar-refractivity contribution < 1.29 is 27.9 Å². The lowest BCUT2D eigenvalue weighted by molar-refractivity contribution is -0.192. The van der Waals surface area contributed by atoms with Crippen LogP contribution in [0, 0.1) is 0 Å². The molecule has 7 nitrogen and oxygen atoms in total. The summed E-state index contributed by atoms with van der Waals surface area (Å²) in [4.78, 5) is 29.2. The van der Waals surface area contributed by atoms with Crippen LogP contribution in [0.5, 0.6) is 0 Å². The Hall–Kier alpha value is -3.99. The van der Waals surface area contributed by atoms with Gasteiger partial charge in [0.25, 0.3) is 0 Å². The number of aliphatic carboxylic acids is 1. The topological polar surface area (TPSA) is 76.1 Å². The predicted octanol–water partition coefficient (Wildman–Crippen LogP) is 6.70. The van der Waals surface area contributed by atoms with Gasteiger partial charge in [0.1, 0.15) is 0 Å². The lowest BCUT2D eigenvalue weighted by atomic mass is 10.0. The lowest BCUT2D eigenvalue weighted by Gasteiger charge is -2.33. The Morgan fingerprint density at radius 3 is 2.21 bits per heavy atom. The highest BCUT2D eigenvalue weighted by Gasteiger charge is 2.38. The number of carboxylic acids is 1. The zero-order valence-electron chi connectivity index (χ0n) is 27.7. The van der Waals surface area contributed by atoms with Crippen LogP contribution in [0.1, 0.15) is 48.8 Å². The van der Waals surface area contributed by atoms with Gasteiger partial charge >= 0.3 is 12.1 Å². The van der Waals surface area contributed by atoms with E-state index in [1.165, 1.54) is 42.4 Å². The van der Waals surface area contributed by atoms with Gasteiger partial charge in [-0.2, -0.15) is 13.2 Å². The Labute approximate surface area is 282 Å². The van der Waals surface area contributed by atoms with E-state index in [-0.39, 0.29) is 5.91 Å². The molecular formula is C38H47F3N4O3. The Balaban J connectivity index is 0.000000671. The summed E-state index contributed by atoms with van der Waals surface area (Å²) >= 11 is 0. The number of carbonyl (C=O) groups is 2. The third kappa shape index (κ3) is 12.6. The van der Waals surface area contributed by atoms with Gasteiger partial charge < -0.3 is 25.1 Å². The third-order valence-electron chi connectivity index (χ3n) is 8.81. The molecule has 2 N–H and O–H groups in total. The number of benzene rings is 3. The molecule has 1 saturated carbocycles. The Morgan fingerprint density at radius 2 is 1.56 bits per heavy atom. The second-order valence-corrected chi connectivity index (χ2v) is 12.6. The number of hydrogen-bond donors (Lipinski definition) is 2. The summed E-state index contributed by atoms with van der Waals surface area (Å²) in [6, 6.07) is 28.4. The lowest BCUT2D eigenvalue weighted by Crippen LogP contribution is -2.45. The van der Waals surface area contributed by atoms with Crippen LogP contribution in [0.3, 0.4) is 0 Å². The monoisotopic (exact) mass is 664 g/mol. The predicted molar refractivity (Wildman–Crippen MR) is 184 cm³/mol. The van der Waals surface area contributed by atoms with E-state index in [2.05, 4.69) is 70.7 Å². The van der Waals surface area contributed by atoms with E-state index in [9.17, 15) is 18.0 Å². The summed E-state index contributed by atoms with van der Waals surface area (Å²) < 4.78 is 31.7. The summed E-state index contributed by atoms with van der Waals surface area (Å²) in [5, 5.41) is 10.8. The van der Waals surface area contributed by atoms with E-state index in [4.69, 9.17) is 9.90 Å². The molecule has 0 bridgehead atoms. The van der Waals surface area contributed by atoms with Crippen molar-refractivity contribution >= 4 is 18.0 Å². The van der Waals surface area contributed by atoms with Crippen molar-refractivity contribution in [2.75, 3.05) is 46.3 Å². The van der Waals surface area contributed by atoms with Crippen molar-refractivity contribution in [3.05, 3.63) is 102 Å². The van der Waals surface area contributed by atoms with E-state index in [1.807, 2.05) is 41.3 Å². The molecule has 1 aliphatic carbocycles. The number of rotatable bonds is 12. The first-order valence-corrected chi connectivity index (χ1v) is 16.7. The minimum Gasteiger partial charge on any atom is -0.475 e. The van der Waals surface area contributed by atoms with Crippen LogP contribution < -0.4 is 5.32 Å². The fraction of sp³-hybridized carbons (Fsp3) is 0.421. The normalized spacial score (nSPS) is 16.1. The van der Waals surface area contributed by atoms with E-state index in [0.717, 1.165) is 63.4 Å². The Bertz CT molecular complexity index is 1450. The highest BCUT2D eigenvalue weighted by atomic mass is 19.4. The molecule has 10 heteroatoms. The molecule has 2 aliphatic rings. The molecule has 3 aromatic rings. The van der Waals surface area contributed by atoms with E-state index < -0.39 is 12.1 Å². The molecule has 0 atom stereocenters. The summed E-state index contributed by atoms with van der Waals surface area (Å²) in [5.41, 5.74) is 5.95. The molecule has 48 heavy (non-hydrogen) atoms. The molecule has 1 heterocycles. The summed E-state index contributed by atoms with van der Waals surface area (Å²) in [7, 11) is 2.19. The summed E-state index contributed by atoms with van der Waals surface area (Å²) in [6.45, 7) is 7.77. The first-order valence-electron chi connectivity index (χ1n) is 16.7. The van der Waals surface area contributed by atoms with Crippen molar-refractivity contribution in [3.8, 4) is 11.1 Å². The minimum absolute atomic E-state index is 0.0664. The number of nitrogens with zero attached hydrogens (tertiary/aromatic N) is 3. The molecule has 2 fully saturated rings. The van der Waals surface area contributed by atoms with Crippen LogP contribution in [0.2, 0.25) is 0 Å². The van der Waals surface area contributed by atoms with Crippen LogP contribution in [0.15, 0.2) is 84.9 Å². The largest absolute Gasteiger partial charge is 0.490 e. The minimum atomic E-state index is -5.08. The maximum absolute atomic E-state index is 13.4. The third-order valence-corrected chi connectivity index (χ3v) is 8.81. The fourth-order valence-electron chi connectivity index (χ4n) is 5.94. The molecule has 0 aromatic heterocycles. The maximum atomic E-state index is 13.4. The quantitative estimate of drug-likeness (QED) is 0.210. The van der Waals surface area contributed by atoms with Crippen molar-refractivity contribution in [3.63, 3.8) is 0 Å². The molecule has 258 valence electrons. The second kappa shape index (κ2) is 18.5. The number of halogens is 3. The van der Waals surface area contributed by atoms with Gasteiger partial charge in [-0.3, -0.25) is 4.79 Å². The van der Waals surface area contributed by atoms with Crippen LogP contribution in [0.25, 0.3) is 17.2 Å². The van der Waals surface area contributed by atoms with Crippen LogP contribution >= 0.6 is 0 Å². The number of piperazine rings is 1. The van der Waals surface area contributed by atoms with Crippen molar-refractivity contribution in [1.82, 2.24) is 20.0 Å². The number of nitrogens with one attached hydrogen (secondary N) is 1. The van der Waals surface area contributed by atoms with Gasteiger partial charge in [0.05, 0.1) is 0 Å². The maximum Gasteiger partial charge on any atom is 0.490 e. The standard InChI is InChI=1S/C36H46N4O.C2HF3O2/c1-38-23-25-39(26-24-38)21-8-22-40(36(41)20-17-30-9-3-2-4-10-30)29-32-11-7-12-34(27-32)33-18-15-31(16-19-33)28-37-35-13-5-6-14-35;3-2(4,5)1(6)7/h2-4,7,9-12,15-20,27,35,37H,5-6,8,13-14,21-26,28-29H2,1H3;(H,6,7)/b20-17+;. The number of hydrogen-bond acceptors (Lipinski definition) is 5. The molecule has 1 saturated heterocycles. The average molecular weight is 665 g/mol. The average Bonchev–Trinajstić information content (AvgIpc) is 3.61. The van der Waals surface area contributed by atoms with E-state index >= 15 is 0 Å². The van der Waals surface area contributed by atoms with Gasteiger partial charge in [-0.25, -0.2) is 4.79 Å². The molecule has 1 aliphatic heterocycles. The molecule has 0 spiro atoms. The number of carboxylic acid groups (broad SMARTS) is 1. The second-order valence-electron chi connectivity index (χ2n) is 12.6. The van der Waals surface area contributed by atoms with E-state index in [0.29, 0.717) is 12.6 Å². The summed E-state index contributed by atoms with van der Waals surface area (Å²) in [6.07, 6.45) is 4.88. The zero-order chi connectivity index (χ0) is 34.4. The first kappa shape index (κ1) is 36.8. The number of likely N-dealkylation sites (N-methyl/N-ethyl adjacent to an activating group) is 1. The van der Waals surface area contributed by atoms with Crippen molar-refractivity contribution in [2.24, 2.45) is 0 Å². The molecule has 5 rings (SSSR count). The molecule has 0 radical (unpaired) electrons. The Morgan fingerprint density at radius 1 is 0.896 bits per heavy atom. The Kier molecular flexibility index (Phi) is 14.2. The smallest absolute Gasteiger partial charge is 0.475 e. The molecule has 1 amide bonds. The molecular weight excluding hydrogens is 617 g/mol. The van der Waals surface area contributed by atoms with Gasteiger partial charge in [0.15, 0.2) is 0 Å². The first-order chi connectivity index (χ1) is 23.1. The van der Waals surface area contributed by atoms with Crippen LogP contribution in [0.4, 0.5) is 13.2 Å². The molecule has 0 unspecified atom stereocenters. The van der Waals surface area contributed by atoms with Crippen molar-refractivity contribution in [1.29, 1.82) is 0 Å². The SMILES string of the molecule is CN1CCN(CCCN(Cc2cccc(-c3ccc(CNC4CCCC4)cc3)c2)C(=O)/C=C/c2ccccc2)CC1.O=C(O)C(F)(F)F. The van der Waals surface area contributed by atoms with Crippen LogP contribution in [-0.4, -0.2) is 90.2 Å². The van der Waals surface area contributed by atoms with Gasteiger partial charge in [0.2, 0.25) is 5.91 Å². The fourth-order valence-corrected chi connectivity index (χ4v) is 5.94. The van der Waals surface area contributed by atoms with Crippen molar-refractivity contribution in [2.45, 2.75) is 57.4 Å². The van der Waals surface area contributed by atoms with E-state index in [1.54, 1.807) is 6.08 Å². The number of amides is 1. The van der Waals surface area contributed by atoms with Gasteiger partial charge in [-0.1, -0.05) is 85.6 Å². The van der Waals surface area contributed by atoms with Crippen LogP contribution in [-0.2, 0) is 22.7 Å².